The maximum absolute atomic E-state index is 12.6. The van der Waals surface area contributed by atoms with E-state index in [2.05, 4.69) is 10.3 Å². The van der Waals surface area contributed by atoms with Crippen molar-refractivity contribution >= 4 is 11.8 Å². The molecule has 1 aromatic heterocycles. The predicted octanol–water partition coefficient (Wildman–Crippen LogP) is 1.08. The minimum Gasteiger partial charge on any atom is -0.381 e. The fraction of sp³-hybridized carbons (Fsp3) is 0.611. The lowest BCUT2D eigenvalue weighted by Gasteiger charge is -2.43. The largest absolute Gasteiger partial charge is 0.381 e. The maximum atomic E-state index is 12.6. The van der Waals surface area contributed by atoms with Gasteiger partial charge in [-0.05, 0) is 37.0 Å². The van der Waals surface area contributed by atoms with Crippen molar-refractivity contribution in [1.82, 2.24) is 15.2 Å². The number of nitrogens with zero attached hydrogens (tertiary/aromatic N) is 2. The van der Waals surface area contributed by atoms with Crippen LogP contribution in [-0.4, -0.2) is 53.5 Å². The third-order valence-corrected chi connectivity index (χ3v) is 5.80. The smallest absolute Gasteiger partial charge is 0.228 e. The summed E-state index contributed by atoms with van der Waals surface area (Å²) < 4.78 is 5.34. The number of pyridine rings is 1. The van der Waals surface area contributed by atoms with Gasteiger partial charge in [-0.1, -0.05) is 0 Å². The highest BCUT2D eigenvalue weighted by atomic mass is 16.5. The van der Waals surface area contributed by atoms with Gasteiger partial charge >= 0.3 is 0 Å². The van der Waals surface area contributed by atoms with Crippen molar-refractivity contribution in [3.8, 4) is 0 Å². The number of aromatic nitrogens is 1. The molecule has 2 amide bonds. The molecule has 24 heavy (non-hydrogen) atoms. The molecule has 4 heterocycles. The van der Waals surface area contributed by atoms with Gasteiger partial charge in [0.05, 0.1) is 18.1 Å². The average Bonchev–Trinajstić information content (AvgIpc) is 3.24. The molecule has 1 aromatic rings. The number of carbonyl (C=O) groups excluding carboxylic acids is 2. The second kappa shape index (κ2) is 6.16. The molecule has 6 nitrogen and oxygen atoms in total. The van der Waals surface area contributed by atoms with E-state index < -0.39 is 0 Å². The molecule has 0 bridgehead atoms. The minimum absolute atomic E-state index is 0.0215. The van der Waals surface area contributed by atoms with Crippen LogP contribution < -0.4 is 5.32 Å². The number of piperidine rings is 1. The monoisotopic (exact) mass is 329 g/mol. The van der Waals surface area contributed by atoms with E-state index in [1.54, 1.807) is 12.4 Å². The summed E-state index contributed by atoms with van der Waals surface area (Å²) in [6.45, 7) is 2.65. The van der Waals surface area contributed by atoms with Crippen LogP contribution in [0.1, 0.15) is 37.2 Å². The van der Waals surface area contributed by atoms with Crippen molar-refractivity contribution in [2.45, 2.75) is 37.1 Å². The van der Waals surface area contributed by atoms with Gasteiger partial charge in [0.25, 0.3) is 0 Å². The van der Waals surface area contributed by atoms with Gasteiger partial charge < -0.3 is 15.0 Å². The lowest BCUT2D eigenvalue weighted by atomic mass is 9.74. The minimum atomic E-state index is -0.221. The van der Waals surface area contributed by atoms with Gasteiger partial charge in [0.1, 0.15) is 0 Å². The number of likely N-dealkylation sites (tertiary alicyclic amines) is 1. The highest BCUT2D eigenvalue weighted by Gasteiger charge is 2.49. The van der Waals surface area contributed by atoms with Gasteiger partial charge in [0, 0.05) is 44.4 Å². The lowest BCUT2D eigenvalue weighted by Crippen LogP contribution is -2.55. The molecule has 1 N–H and O–H groups in total. The summed E-state index contributed by atoms with van der Waals surface area (Å²) >= 11 is 0. The number of hydrogen-bond donors (Lipinski definition) is 1. The Hall–Kier alpha value is -1.95. The number of amides is 2. The Balaban J connectivity index is 1.48. The fourth-order valence-corrected chi connectivity index (χ4v) is 4.42. The summed E-state index contributed by atoms with van der Waals surface area (Å²) in [6, 6.07) is 4.00. The van der Waals surface area contributed by atoms with Crippen molar-refractivity contribution in [2.24, 2.45) is 5.92 Å². The number of rotatable bonds is 2. The van der Waals surface area contributed by atoms with Crippen LogP contribution in [0.2, 0.25) is 0 Å². The van der Waals surface area contributed by atoms with Crippen LogP contribution in [0.3, 0.4) is 0 Å². The third kappa shape index (κ3) is 2.69. The molecule has 0 saturated carbocycles. The van der Waals surface area contributed by atoms with Crippen LogP contribution in [-0.2, 0) is 14.3 Å². The number of ether oxygens (including phenoxy) is 1. The molecule has 6 heteroatoms. The van der Waals surface area contributed by atoms with E-state index >= 15 is 0 Å². The van der Waals surface area contributed by atoms with E-state index in [0.29, 0.717) is 32.7 Å². The predicted molar refractivity (Wildman–Crippen MR) is 87.2 cm³/mol. The highest BCUT2D eigenvalue weighted by molar-refractivity contribution is 5.82. The molecular weight excluding hydrogens is 306 g/mol. The first-order valence-electron chi connectivity index (χ1n) is 8.75. The molecule has 0 unspecified atom stereocenters. The first-order chi connectivity index (χ1) is 11.7. The second-order valence-corrected chi connectivity index (χ2v) is 7.13. The molecule has 3 fully saturated rings. The Morgan fingerprint density at radius 2 is 2.04 bits per heavy atom. The highest BCUT2D eigenvalue weighted by Crippen LogP contribution is 2.43. The van der Waals surface area contributed by atoms with Gasteiger partial charge in [-0.15, -0.1) is 0 Å². The van der Waals surface area contributed by atoms with E-state index in [1.807, 2.05) is 17.0 Å². The van der Waals surface area contributed by atoms with Gasteiger partial charge in [0.2, 0.25) is 11.8 Å². The van der Waals surface area contributed by atoms with E-state index in [9.17, 15) is 9.59 Å². The van der Waals surface area contributed by atoms with Gasteiger partial charge in [-0.25, -0.2) is 0 Å². The summed E-state index contributed by atoms with van der Waals surface area (Å²) in [5.74, 6) is 0.515. The zero-order valence-electron chi connectivity index (χ0n) is 13.7. The van der Waals surface area contributed by atoms with Crippen molar-refractivity contribution in [2.75, 3.05) is 26.3 Å². The molecule has 3 aliphatic heterocycles. The Morgan fingerprint density at radius 3 is 2.71 bits per heavy atom. The van der Waals surface area contributed by atoms with Crippen LogP contribution >= 0.6 is 0 Å². The van der Waals surface area contributed by atoms with E-state index in [0.717, 1.165) is 24.8 Å². The van der Waals surface area contributed by atoms with Gasteiger partial charge in [-0.2, -0.15) is 0 Å². The molecular formula is C18H23N3O3. The summed E-state index contributed by atoms with van der Waals surface area (Å²) in [5, 5.41) is 3.22. The van der Waals surface area contributed by atoms with Crippen molar-refractivity contribution in [3.05, 3.63) is 30.1 Å². The first-order valence-corrected chi connectivity index (χ1v) is 8.75. The third-order valence-electron chi connectivity index (χ3n) is 5.80. The van der Waals surface area contributed by atoms with Crippen LogP contribution in [0.15, 0.2) is 24.5 Å². The summed E-state index contributed by atoms with van der Waals surface area (Å²) in [5.41, 5.74) is 0.939. The fourth-order valence-electron chi connectivity index (χ4n) is 4.42. The van der Waals surface area contributed by atoms with Crippen molar-refractivity contribution in [1.29, 1.82) is 0 Å². The summed E-state index contributed by atoms with van der Waals surface area (Å²) in [6.07, 6.45) is 6.54. The molecule has 0 radical (unpaired) electrons. The number of hydrogen-bond acceptors (Lipinski definition) is 4. The second-order valence-electron chi connectivity index (χ2n) is 7.13. The SMILES string of the molecule is O=C1C[C@@H](c2ccncc2)C2(CCN(C(=O)[C@@H]3CCOC3)CC2)N1. The van der Waals surface area contributed by atoms with Crippen LogP contribution in [0, 0.1) is 5.92 Å². The summed E-state index contributed by atoms with van der Waals surface area (Å²) in [4.78, 5) is 30.7. The Labute approximate surface area is 141 Å². The Morgan fingerprint density at radius 1 is 1.29 bits per heavy atom. The standard InChI is InChI=1S/C18H23N3O3/c22-16-11-15(13-1-6-19-7-2-13)18(20-16)4-8-21(9-5-18)17(23)14-3-10-24-12-14/h1-2,6-7,14-15H,3-5,8-12H2,(H,20,22)/t14-,15+/m1/s1. The topological polar surface area (TPSA) is 71.5 Å². The lowest BCUT2D eigenvalue weighted by molar-refractivity contribution is -0.137. The van der Waals surface area contributed by atoms with Gasteiger partial charge in [-0.3, -0.25) is 14.6 Å². The Kier molecular flexibility index (Phi) is 4.00. The average molecular weight is 329 g/mol. The van der Waals surface area contributed by atoms with Crippen LogP contribution in [0.25, 0.3) is 0 Å². The van der Waals surface area contributed by atoms with E-state index in [4.69, 9.17) is 4.74 Å². The van der Waals surface area contributed by atoms with E-state index in [-0.39, 0.29) is 29.2 Å². The zero-order valence-corrected chi connectivity index (χ0v) is 13.7. The summed E-state index contributed by atoms with van der Waals surface area (Å²) in [7, 11) is 0. The number of nitrogens with one attached hydrogen (secondary N) is 1. The van der Waals surface area contributed by atoms with Crippen LogP contribution in [0.5, 0.6) is 0 Å². The Bertz CT molecular complexity index is 620. The quantitative estimate of drug-likeness (QED) is 0.881. The van der Waals surface area contributed by atoms with Crippen molar-refractivity contribution in [3.63, 3.8) is 0 Å². The molecule has 1 spiro atoms. The molecule has 3 aliphatic rings. The van der Waals surface area contributed by atoms with Crippen LogP contribution in [0.4, 0.5) is 0 Å². The molecule has 128 valence electrons. The molecule has 2 atom stereocenters. The first kappa shape index (κ1) is 15.6. The van der Waals surface area contributed by atoms with Gasteiger partial charge in [0.15, 0.2) is 0 Å². The molecule has 0 aliphatic carbocycles. The molecule has 4 rings (SSSR count). The zero-order chi connectivity index (χ0) is 16.6. The number of carbonyl (C=O) groups is 2. The van der Waals surface area contributed by atoms with E-state index in [1.165, 1.54) is 0 Å². The normalized spacial score (nSPS) is 29.0. The molecule has 3 saturated heterocycles. The molecule has 0 aromatic carbocycles. The maximum Gasteiger partial charge on any atom is 0.228 e. The van der Waals surface area contributed by atoms with Crippen molar-refractivity contribution < 1.29 is 14.3 Å².